The van der Waals surface area contributed by atoms with Crippen molar-refractivity contribution in [2.24, 2.45) is 0 Å². The van der Waals surface area contributed by atoms with Crippen molar-refractivity contribution in [1.29, 1.82) is 0 Å². The van der Waals surface area contributed by atoms with E-state index in [0.717, 1.165) is 12.1 Å². The van der Waals surface area contributed by atoms with Crippen molar-refractivity contribution in [3.8, 4) is 0 Å². The van der Waals surface area contributed by atoms with Crippen LogP contribution in [-0.2, 0) is 11.0 Å². The van der Waals surface area contributed by atoms with Crippen LogP contribution in [0.3, 0.4) is 0 Å². The Bertz CT molecular complexity index is 1130. The highest BCUT2D eigenvalue weighted by atomic mass is 19.4. The summed E-state index contributed by atoms with van der Waals surface area (Å²) in [5.74, 6) is -1.70. The van der Waals surface area contributed by atoms with Crippen molar-refractivity contribution in [1.82, 2.24) is 5.32 Å². The Morgan fingerprint density at radius 1 is 0.875 bits per heavy atom. The van der Waals surface area contributed by atoms with E-state index >= 15 is 0 Å². The van der Waals surface area contributed by atoms with Gasteiger partial charge in [-0.05, 0) is 55.5 Å². The summed E-state index contributed by atoms with van der Waals surface area (Å²) in [5.41, 5.74) is -0.520. The second-order valence-corrected chi connectivity index (χ2v) is 6.78. The van der Waals surface area contributed by atoms with Gasteiger partial charge in [-0.15, -0.1) is 0 Å². The van der Waals surface area contributed by atoms with Gasteiger partial charge in [-0.3, -0.25) is 14.4 Å². The molecule has 32 heavy (non-hydrogen) atoms. The van der Waals surface area contributed by atoms with Crippen molar-refractivity contribution < 1.29 is 32.0 Å². The summed E-state index contributed by atoms with van der Waals surface area (Å²) in [6.07, 6.45) is -3.20. The zero-order valence-corrected chi connectivity index (χ0v) is 16.7. The maximum atomic E-state index is 12.8. The molecule has 3 aromatic rings. The predicted octanol–water partition coefficient (Wildman–Crippen LogP) is 4.31. The fraction of sp³-hybridized carbons (Fsp3) is 0.136. The number of amides is 3. The Morgan fingerprint density at radius 2 is 1.56 bits per heavy atom. The largest absolute Gasteiger partial charge is 0.459 e. The molecule has 0 aliphatic carbocycles. The summed E-state index contributed by atoms with van der Waals surface area (Å²) >= 11 is 0. The Hall–Kier alpha value is -4.08. The third kappa shape index (κ3) is 5.75. The molecular weight excluding hydrogens is 427 g/mol. The van der Waals surface area contributed by atoms with Crippen LogP contribution in [0.5, 0.6) is 0 Å². The quantitative estimate of drug-likeness (QED) is 0.527. The van der Waals surface area contributed by atoms with Gasteiger partial charge in [-0.1, -0.05) is 12.1 Å². The minimum Gasteiger partial charge on any atom is -0.459 e. The fourth-order valence-electron chi connectivity index (χ4n) is 2.71. The van der Waals surface area contributed by atoms with Gasteiger partial charge in [0.25, 0.3) is 11.8 Å². The maximum Gasteiger partial charge on any atom is 0.416 e. The molecule has 2 aromatic carbocycles. The number of hydrogen-bond acceptors (Lipinski definition) is 4. The SMILES string of the molecule is C[C@H](NC(=O)c1ccco1)C(=O)Nc1cccc(C(=O)Nc2cccc(C(F)(F)F)c2)c1. The highest BCUT2D eigenvalue weighted by Crippen LogP contribution is 2.30. The number of furan rings is 1. The van der Waals surface area contributed by atoms with E-state index in [2.05, 4.69) is 16.0 Å². The lowest BCUT2D eigenvalue weighted by Gasteiger charge is -2.14. The molecule has 1 atom stereocenters. The molecule has 1 heterocycles. The molecule has 0 unspecified atom stereocenters. The Labute approximate surface area is 180 Å². The number of alkyl halides is 3. The number of anilines is 2. The molecular formula is C22H18F3N3O4. The minimum absolute atomic E-state index is 0.0199. The standard InChI is InChI=1S/C22H18F3N3O4/c1-13(26-21(31)18-9-4-10-32-18)19(29)27-16-7-2-5-14(11-16)20(30)28-17-8-3-6-15(12-17)22(23,24)25/h2-13H,1H3,(H,26,31)(H,27,29)(H,28,30)/t13-/m0/s1. The summed E-state index contributed by atoms with van der Waals surface area (Å²) < 4.78 is 43.5. The summed E-state index contributed by atoms with van der Waals surface area (Å²) in [4.78, 5) is 36.8. The molecule has 10 heteroatoms. The van der Waals surface area contributed by atoms with Crippen molar-refractivity contribution >= 4 is 29.1 Å². The Morgan fingerprint density at radius 3 is 2.22 bits per heavy atom. The number of nitrogens with one attached hydrogen (secondary N) is 3. The number of carbonyl (C=O) groups excluding carboxylic acids is 3. The average Bonchev–Trinajstić information content (AvgIpc) is 3.28. The molecule has 0 aliphatic heterocycles. The maximum absolute atomic E-state index is 12.8. The Balaban J connectivity index is 1.64. The summed E-state index contributed by atoms with van der Waals surface area (Å²) in [7, 11) is 0. The molecule has 0 bridgehead atoms. The molecule has 0 aliphatic rings. The van der Waals surface area contributed by atoms with Crippen molar-refractivity contribution in [3.05, 3.63) is 83.8 Å². The van der Waals surface area contributed by atoms with E-state index in [1.807, 2.05) is 0 Å². The lowest BCUT2D eigenvalue weighted by Crippen LogP contribution is -2.41. The number of carbonyl (C=O) groups is 3. The van der Waals surface area contributed by atoms with Gasteiger partial charge in [-0.25, -0.2) is 0 Å². The zero-order valence-electron chi connectivity index (χ0n) is 16.7. The molecule has 7 nitrogen and oxygen atoms in total. The van der Waals surface area contributed by atoms with Crippen molar-refractivity contribution in [2.75, 3.05) is 10.6 Å². The van der Waals surface area contributed by atoms with Crippen LogP contribution < -0.4 is 16.0 Å². The van der Waals surface area contributed by atoms with E-state index in [9.17, 15) is 27.6 Å². The number of benzene rings is 2. The fourth-order valence-corrected chi connectivity index (χ4v) is 2.71. The van der Waals surface area contributed by atoms with Crippen LogP contribution in [-0.4, -0.2) is 23.8 Å². The number of halogens is 3. The number of hydrogen-bond donors (Lipinski definition) is 3. The first-order valence-electron chi connectivity index (χ1n) is 9.37. The summed E-state index contributed by atoms with van der Waals surface area (Å²) in [5, 5.41) is 7.44. The first-order valence-corrected chi connectivity index (χ1v) is 9.37. The van der Waals surface area contributed by atoms with Crippen LogP contribution in [0, 0.1) is 0 Å². The average molecular weight is 445 g/mol. The van der Waals surface area contributed by atoms with Crippen molar-refractivity contribution in [3.63, 3.8) is 0 Å². The molecule has 0 radical (unpaired) electrons. The van der Waals surface area contributed by atoms with Gasteiger partial charge in [0.05, 0.1) is 11.8 Å². The normalized spacial score (nSPS) is 12.0. The van der Waals surface area contributed by atoms with E-state index in [1.165, 1.54) is 61.7 Å². The van der Waals surface area contributed by atoms with Crippen LogP contribution >= 0.6 is 0 Å². The van der Waals surface area contributed by atoms with Gasteiger partial charge in [0, 0.05) is 16.9 Å². The van der Waals surface area contributed by atoms with Gasteiger partial charge in [0.2, 0.25) is 5.91 Å². The number of rotatable bonds is 6. The smallest absolute Gasteiger partial charge is 0.416 e. The second kappa shape index (κ2) is 9.38. The van der Waals surface area contributed by atoms with E-state index in [0.29, 0.717) is 0 Å². The Kier molecular flexibility index (Phi) is 6.62. The lowest BCUT2D eigenvalue weighted by molar-refractivity contribution is -0.137. The topological polar surface area (TPSA) is 100 Å². The van der Waals surface area contributed by atoms with Crippen LogP contribution in [0.15, 0.2) is 71.3 Å². The van der Waals surface area contributed by atoms with Crippen LogP contribution in [0.25, 0.3) is 0 Å². The van der Waals surface area contributed by atoms with Crippen LogP contribution in [0.4, 0.5) is 24.5 Å². The predicted molar refractivity (Wildman–Crippen MR) is 110 cm³/mol. The van der Waals surface area contributed by atoms with E-state index < -0.39 is 35.5 Å². The van der Waals surface area contributed by atoms with Gasteiger partial charge in [0.15, 0.2) is 5.76 Å². The molecule has 166 valence electrons. The highest BCUT2D eigenvalue weighted by molar-refractivity contribution is 6.06. The first-order chi connectivity index (χ1) is 15.1. The van der Waals surface area contributed by atoms with Gasteiger partial charge >= 0.3 is 6.18 Å². The third-order valence-electron chi connectivity index (χ3n) is 4.33. The van der Waals surface area contributed by atoms with Crippen LogP contribution in [0.1, 0.15) is 33.4 Å². The lowest BCUT2D eigenvalue weighted by atomic mass is 10.1. The molecule has 1 aromatic heterocycles. The minimum atomic E-state index is -4.53. The molecule has 0 fully saturated rings. The van der Waals surface area contributed by atoms with Crippen molar-refractivity contribution in [2.45, 2.75) is 19.1 Å². The highest BCUT2D eigenvalue weighted by Gasteiger charge is 2.30. The molecule has 3 amide bonds. The summed E-state index contributed by atoms with van der Waals surface area (Å²) in [6.45, 7) is 1.47. The monoisotopic (exact) mass is 445 g/mol. The van der Waals surface area contributed by atoms with Gasteiger partial charge in [0.1, 0.15) is 6.04 Å². The summed E-state index contributed by atoms with van der Waals surface area (Å²) in [6, 6.07) is 12.2. The van der Waals surface area contributed by atoms with E-state index in [4.69, 9.17) is 4.42 Å². The first kappa shape index (κ1) is 22.6. The van der Waals surface area contributed by atoms with Crippen LogP contribution in [0.2, 0.25) is 0 Å². The van der Waals surface area contributed by atoms with E-state index in [-0.39, 0.29) is 22.7 Å². The van der Waals surface area contributed by atoms with Gasteiger partial charge in [-0.2, -0.15) is 13.2 Å². The molecule has 0 saturated carbocycles. The second-order valence-electron chi connectivity index (χ2n) is 6.78. The molecule has 3 N–H and O–H groups in total. The molecule has 3 rings (SSSR count). The van der Waals surface area contributed by atoms with E-state index in [1.54, 1.807) is 0 Å². The zero-order chi connectivity index (χ0) is 23.3. The third-order valence-corrected chi connectivity index (χ3v) is 4.33. The molecule has 0 saturated heterocycles. The molecule has 0 spiro atoms. The van der Waals surface area contributed by atoms with Gasteiger partial charge < -0.3 is 20.4 Å².